The van der Waals surface area contributed by atoms with Gasteiger partial charge in [-0.2, -0.15) is 13.2 Å². The van der Waals surface area contributed by atoms with Crippen LogP contribution in [0.2, 0.25) is 0 Å². The minimum Gasteiger partial charge on any atom is -0.304 e. The molecule has 1 aromatic carbocycles. The molecule has 0 heterocycles. The Morgan fingerprint density at radius 1 is 1.19 bits per heavy atom. The van der Waals surface area contributed by atoms with Crippen molar-refractivity contribution in [1.82, 2.24) is 5.32 Å². The van der Waals surface area contributed by atoms with Crippen molar-refractivity contribution in [2.45, 2.75) is 18.6 Å². The molecule has 0 saturated carbocycles. The van der Waals surface area contributed by atoms with Gasteiger partial charge in [0.2, 0.25) is 0 Å². The Balaban J connectivity index is 2.44. The van der Waals surface area contributed by atoms with Gasteiger partial charge in [0.1, 0.15) is 0 Å². The summed E-state index contributed by atoms with van der Waals surface area (Å²) in [4.78, 5) is 0. The average Bonchev–Trinajstić information content (AvgIpc) is 2.24. The molecule has 1 N–H and O–H groups in total. The van der Waals surface area contributed by atoms with E-state index in [1.807, 2.05) is 30.3 Å². The van der Waals surface area contributed by atoms with Crippen molar-refractivity contribution >= 4 is 11.6 Å². The summed E-state index contributed by atoms with van der Waals surface area (Å²) < 4.78 is 36.0. The van der Waals surface area contributed by atoms with E-state index in [-0.39, 0.29) is 11.9 Å². The van der Waals surface area contributed by atoms with Gasteiger partial charge in [-0.15, -0.1) is 11.6 Å². The van der Waals surface area contributed by atoms with Crippen LogP contribution in [0.15, 0.2) is 30.3 Å². The molecule has 0 amide bonds. The Morgan fingerprint density at radius 3 is 2.31 bits per heavy atom. The molecule has 0 aliphatic heterocycles. The molecule has 0 saturated heterocycles. The van der Waals surface area contributed by atoms with Gasteiger partial charge < -0.3 is 5.32 Å². The van der Waals surface area contributed by atoms with E-state index in [9.17, 15) is 13.2 Å². The third kappa shape index (κ3) is 5.37. The monoisotopic (exact) mass is 251 g/mol. The highest BCUT2D eigenvalue weighted by molar-refractivity contribution is 6.18. The van der Waals surface area contributed by atoms with E-state index in [2.05, 4.69) is 5.32 Å². The zero-order valence-electron chi connectivity index (χ0n) is 8.60. The Bertz CT molecular complexity index is 300. The molecule has 1 unspecified atom stereocenters. The largest absolute Gasteiger partial charge is 0.401 e. The number of nitrogens with one attached hydrogen (secondary N) is 1. The molecule has 0 aromatic heterocycles. The molecule has 16 heavy (non-hydrogen) atoms. The number of alkyl halides is 4. The normalized spacial score (nSPS) is 13.8. The van der Waals surface area contributed by atoms with Crippen molar-refractivity contribution in [3.05, 3.63) is 35.9 Å². The predicted octanol–water partition coefficient (Wildman–Crippen LogP) is 2.99. The summed E-state index contributed by atoms with van der Waals surface area (Å²) in [7, 11) is 0. The third-order valence-corrected chi connectivity index (χ3v) is 2.47. The molecule has 0 radical (unpaired) electrons. The molecule has 0 spiro atoms. The molecule has 0 aliphatic carbocycles. The smallest absolute Gasteiger partial charge is 0.304 e. The van der Waals surface area contributed by atoms with Crippen molar-refractivity contribution in [2.75, 3.05) is 12.4 Å². The summed E-state index contributed by atoms with van der Waals surface area (Å²) in [5.41, 5.74) is 0.975. The predicted molar refractivity (Wildman–Crippen MR) is 58.7 cm³/mol. The lowest BCUT2D eigenvalue weighted by molar-refractivity contribution is -0.125. The van der Waals surface area contributed by atoms with Crippen LogP contribution < -0.4 is 5.32 Å². The van der Waals surface area contributed by atoms with E-state index < -0.39 is 12.7 Å². The minimum atomic E-state index is -4.19. The van der Waals surface area contributed by atoms with Crippen LogP contribution in [0.3, 0.4) is 0 Å². The molecular formula is C11H13ClF3N. The number of benzene rings is 1. The van der Waals surface area contributed by atoms with Crippen LogP contribution in [-0.4, -0.2) is 24.6 Å². The van der Waals surface area contributed by atoms with E-state index in [1.165, 1.54) is 0 Å². The number of hydrogen-bond acceptors (Lipinski definition) is 1. The van der Waals surface area contributed by atoms with Crippen LogP contribution in [0.1, 0.15) is 5.56 Å². The molecule has 0 aliphatic rings. The highest BCUT2D eigenvalue weighted by Crippen LogP contribution is 2.13. The molecule has 1 aromatic rings. The van der Waals surface area contributed by atoms with Crippen molar-refractivity contribution in [3.8, 4) is 0 Å². The van der Waals surface area contributed by atoms with Crippen LogP contribution in [0.25, 0.3) is 0 Å². The van der Waals surface area contributed by atoms with Gasteiger partial charge in [0.05, 0.1) is 6.54 Å². The topological polar surface area (TPSA) is 12.0 Å². The van der Waals surface area contributed by atoms with Gasteiger partial charge in [-0.05, 0) is 12.0 Å². The fourth-order valence-electron chi connectivity index (χ4n) is 1.34. The lowest BCUT2D eigenvalue weighted by atomic mass is 10.1. The van der Waals surface area contributed by atoms with Gasteiger partial charge in [0.15, 0.2) is 0 Å². The first-order valence-electron chi connectivity index (χ1n) is 4.91. The first kappa shape index (κ1) is 13.3. The lowest BCUT2D eigenvalue weighted by Crippen LogP contribution is -2.39. The molecule has 1 atom stereocenters. The van der Waals surface area contributed by atoms with Crippen LogP contribution in [0, 0.1) is 0 Å². The summed E-state index contributed by atoms with van der Waals surface area (Å²) in [6.45, 7) is -1.00. The number of hydrogen-bond donors (Lipinski definition) is 1. The Kier molecular flexibility index (Phi) is 5.09. The van der Waals surface area contributed by atoms with Crippen molar-refractivity contribution in [2.24, 2.45) is 0 Å². The first-order valence-corrected chi connectivity index (χ1v) is 5.45. The van der Waals surface area contributed by atoms with E-state index in [0.29, 0.717) is 6.42 Å². The second-order valence-electron chi connectivity index (χ2n) is 3.54. The van der Waals surface area contributed by atoms with Crippen LogP contribution >= 0.6 is 11.6 Å². The third-order valence-electron chi connectivity index (χ3n) is 2.10. The molecule has 0 bridgehead atoms. The first-order chi connectivity index (χ1) is 7.51. The quantitative estimate of drug-likeness (QED) is 0.794. The van der Waals surface area contributed by atoms with Crippen molar-refractivity contribution in [3.63, 3.8) is 0 Å². The molecule has 1 rings (SSSR count). The fraction of sp³-hybridized carbons (Fsp3) is 0.455. The summed E-state index contributed by atoms with van der Waals surface area (Å²) in [6.07, 6.45) is -3.69. The maximum atomic E-state index is 12.0. The Hall–Kier alpha value is -0.740. The number of halogens is 4. The summed E-state index contributed by atoms with van der Waals surface area (Å²) in [5.74, 6) is 0.158. The SMILES string of the molecule is FC(F)(F)CNC(CCl)Cc1ccccc1. The maximum Gasteiger partial charge on any atom is 0.401 e. The minimum absolute atomic E-state index is 0.158. The molecule has 1 nitrogen and oxygen atoms in total. The van der Waals surface area contributed by atoms with Gasteiger partial charge in [0.25, 0.3) is 0 Å². The van der Waals surface area contributed by atoms with Gasteiger partial charge in [-0.3, -0.25) is 0 Å². The lowest BCUT2D eigenvalue weighted by Gasteiger charge is -2.17. The second kappa shape index (κ2) is 6.11. The van der Waals surface area contributed by atoms with E-state index in [4.69, 9.17) is 11.6 Å². The van der Waals surface area contributed by atoms with Crippen LogP contribution in [0.4, 0.5) is 13.2 Å². The maximum absolute atomic E-state index is 12.0. The molecule has 5 heteroatoms. The fourth-order valence-corrected chi connectivity index (χ4v) is 1.56. The van der Waals surface area contributed by atoms with Crippen LogP contribution in [0.5, 0.6) is 0 Å². The summed E-state index contributed by atoms with van der Waals surface area (Å²) >= 11 is 5.62. The summed E-state index contributed by atoms with van der Waals surface area (Å²) in [5, 5.41) is 2.40. The van der Waals surface area contributed by atoms with E-state index in [1.54, 1.807) is 0 Å². The molecular weight excluding hydrogens is 239 g/mol. The Morgan fingerprint density at radius 2 is 1.81 bits per heavy atom. The van der Waals surface area contributed by atoms with Gasteiger partial charge in [-0.1, -0.05) is 30.3 Å². The van der Waals surface area contributed by atoms with Crippen molar-refractivity contribution in [1.29, 1.82) is 0 Å². The van der Waals surface area contributed by atoms with Crippen LogP contribution in [-0.2, 0) is 6.42 Å². The van der Waals surface area contributed by atoms with Crippen molar-refractivity contribution < 1.29 is 13.2 Å². The summed E-state index contributed by atoms with van der Waals surface area (Å²) in [6, 6.07) is 8.95. The van der Waals surface area contributed by atoms with Gasteiger partial charge in [-0.25, -0.2) is 0 Å². The Labute approximate surface area is 97.6 Å². The molecule has 0 fully saturated rings. The highest BCUT2D eigenvalue weighted by atomic mass is 35.5. The van der Waals surface area contributed by atoms with Gasteiger partial charge in [0, 0.05) is 11.9 Å². The standard InChI is InChI=1S/C11H13ClF3N/c12-7-10(16-8-11(13,14)15)6-9-4-2-1-3-5-9/h1-5,10,16H,6-8H2. The molecule has 90 valence electrons. The van der Waals surface area contributed by atoms with Gasteiger partial charge >= 0.3 is 6.18 Å². The number of rotatable bonds is 5. The average molecular weight is 252 g/mol. The zero-order valence-corrected chi connectivity index (χ0v) is 9.35. The van der Waals surface area contributed by atoms with E-state index in [0.717, 1.165) is 5.56 Å². The highest BCUT2D eigenvalue weighted by Gasteiger charge is 2.27. The van der Waals surface area contributed by atoms with E-state index >= 15 is 0 Å². The zero-order chi connectivity index (χ0) is 12.0. The second-order valence-corrected chi connectivity index (χ2v) is 3.85.